The van der Waals surface area contributed by atoms with Crippen molar-refractivity contribution < 1.29 is 9.53 Å². The Morgan fingerprint density at radius 1 is 1.03 bits per heavy atom. The lowest BCUT2D eigenvalue weighted by Gasteiger charge is -2.34. The zero-order valence-corrected chi connectivity index (χ0v) is 18.9. The number of hydrogen-bond donors (Lipinski definition) is 0. The molecule has 3 aromatic rings. The lowest BCUT2D eigenvalue weighted by molar-refractivity contribution is -0.120. The molecule has 4 nitrogen and oxygen atoms in total. The Labute approximate surface area is 189 Å². The second kappa shape index (κ2) is 6.97. The van der Waals surface area contributed by atoms with E-state index in [4.69, 9.17) is 11.3 Å². The molecular weight excluding hydrogens is 396 g/mol. The molecule has 2 aliphatic heterocycles. The maximum Gasteiger partial charge on any atom is 0.246 e. The minimum atomic E-state index is -0.887. The van der Waals surface area contributed by atoms with Gasteiger partial charge in [-0.25, -0.2) is 4.85 Å². The molecule has 5 rings (SSSR count). The van der Waals surface area contributed by atoms with Crippen LogP contribution in [0.5, 0.6) is 5.75 Å². The van der Waals surface area contributed by atoms with Crippen LogP contribution in [-0.2, 0) is 16.6 Å². The van der Waals surface area contributed by atoms with Crippen molar-refractivity contribution in [1.82, 2.24) is 0 Å². The highest BCUT2D eigenvalue weighted by molar-refractivity contribution is 6.15. The molecular formula is C28H26N2O2. The van der Waals surface area contributed by atoms with Crippen molar-refractivity contribution in [2.75, 3.05) is 4.90 Å². The number of ether oxygens (including phenoxy) is 1. The van der Waals surface area contributed by atoms with E-state index in [1.54, 1.807) is 11.0 Å². The van der Waals surface area contributed by atoms with Crippen molar-refractivity contribution in [3.8, 4) is 5.75 Å². The number of benzene rings is 3. The predicted octanol–water partition coefficient (Wildman–Crippen LogP) is 6.63. The molecule has 0 bridgehead atoms. The van der Waals surface area contributed by atoms with E-state index in [1.807, 2.05) is 62.4 Å². The predicted molar refractivity (Wildman–Crippen MR) is 127 cm³/mol. The summed E-state index contributed by atoms with van der Waals surface area (Å²) >= 11 is 0. The summed E-state index contributed by atoms with van der Waals surface area (Å²) in [5.74, 6) is 0.891. The lowest BCUT2D eigenvalue weighted by atomic mass is 9.76. The van der Waals surface area contributed by atoms with Crippen molar-refractivity contribution in [3.05, 3.63) is 94.3 Å². The van der Waals surface area contributed by atoms with Crippen LogP contribution in [0.25, 0.3) is 4.85 Å². The van der Waals surface area contributed by atoms with Crippen LogP contribution in [0.3, 0.4) is 0 Å². The Kier molecular flexibility index (Phi) is 4.43. The molecule has 0 fully saturated rings. The molecule has 0 aliphatic carbocycles. The van der Waals surface area contributed by atoms with Crippen LogP contribution in [0.1, 0.15) is 49.4 Å². The van der Waals surface area contributed by atoms with Crippen LogP contribution in [0, 0.1) is 13.5 Å². The average Bonchev–Trinajstić information content (AvgIpc) is 3.00. The maximum atomic E-state index is 14.1. The highest BCUT2D eigenvalue weighted by atomic mass is 16.5. The van der Waals surface area contributed by atoms with Gasteiger partial charge in [-0.15, -0.1) is 0 Å². The van der Waals surface area contributed by atoms with Gasteiger partial charge in [0.1, 0.15) is 11.4 Å². The van der Waals surface area contributed by atoms with Crippen molar-refractivity contribution in [1.29, 1.82) is 0 Å². The van der Waals surface area contributed by atoms with Crippen molar-refractivity contribution in [2.24, 2.45) is 0 Å². The summed E-state index contributed by atoms with van der Waals surface area (Å²) < 4.78 is 6.17. The van der Waals surface area contributed by atoms with Crippen LogP contribution in [0.2, 0.25) is 0 Å². The summed E-state index contributed by atoms with van der Waals surface area (Å²) in [4.78, 5) is 19.5. The SMILES string of the molecule is [C-]#[N+]c1ccc2c(c1)C(C)(c1ccc3c(c1)CCC(C)(C)O3)C(=O)N2c1cccc(C)c1. The number of carbonyl (C=O) groups is 1. The Bertz CT molecular complexity index is 1300. The Morgan fingerprint density at radius 2 is 1.84 bits per heavy atom. The van der Waals surface area contributed by atoms with Gasteiger partial charge in [0.15, 0.2) is 5.69 Å². The van der Waals surface area contributed by atoms with E-state index >= 15 is 0 Å². The normalized spacial score (nSPS) is 20.8. The molecule has 2 heterocycles. The van der Waals surface area contributed by atoms with Gasteiger partial charge < -0.3 is 4.74 Å². The molecule has 1 atom stereocenters. The fraction of sp³-hybridized carbons (Fsp3) is 0.286. The monoisotopic (exact) mass is 422 g/mol. The molecule has 0 saturated heterocycles. The topological polar surface area (TPSA) is 33.9 Å². The first kappa shape index (κ1) is 20.3. The Balaban J connectivity index is 1.69. The second-order valence-electron chi connectivity index (χ2n) is 9.60. The number of rotatable bonds is 2. The summed E-state index contributed by atoms with van der Waals surface area (Å²) in [7, 11) is 0. The van der Waals surface area contributed by atoms with Gasteiger partial charge >= 0.3 is 0 Å². The Hall–Kier alpha value is -3.58. The number of amides is 1. The van der Waals surface area contributed by atoms with Crippen molar-refractivity contribution >= 4 is 23.0 Å². The highest BCUT2D eigenvalue weighted by Crippen LogP contribution is 2.51. The van der Waals surface area contributed by atoms with E-state index in [0.717, 1.165) is 52.2 Å². The number of carbonyl (C=O) groups excluding carboxylic acids is 1. The molecule has 32 heavy (non-hydrogen) atoms. The van der Waals surface area contributed by atoms with Gasteiger partial charge in [-0.05, 0) is 93.1 Å². The van der Waals surface area contributed by atoms with Gasteiger partial charge in [-0.3, -0.25) is 9.69 Å². The number of anilines is 2. The van der Waals surface area contributed by atoms with Crippen molar-refractivity contribution in [2.45, 2.75) is 51.6 Å². The summed E-state index contributed by atoms with van der Waals surface area (Å²) in [6.07, 6.45) is 1.85. The van der Waals surface area contributed by atoms with E-state index in [1.165, 1.54) is 0 Å². The fourth-order valence-electron chi connectivity index (χ4n) is 4.91. The molecule has 3 aromatic carbocycles. The van der Waals surface area contributed by atoms with Crippen LogP contribution >= 0.6 is 0 Å². The minimum Gasteiger partial charge on any atom is -0.488 e. The largest absolute Gasteiger partial charge is 0.488 e. The second-order valence-corrected chi connectivity index (χ2v) is 9.60. The molecule has 1 amide bonds. The van der Waals surface area contributed by atoms with E-state index in [9.17, 15) is 4.79 Å². The molecule has 2 aliphatic rings. The summed E-state index contributed by atoms with van der Waals surface area (Å²) in [6, 6.07) is 19.7. The Morgan fingerprint density at radius 3 is 2.59 bits per heavy atom. The van der Waals surface area contributed by atoms with Crippen LogP contribution < -0.4 is 9.64 Å². The van der Waals surface area contributed by atoms with E-state index < -0.39 is 5.41 Å². The van der Waals surface area contributed by atoms with Crippen LogP contribution in [0.15, 0.2) is 60.7 Å². The van der Waals surface area contributed by atoms with Crippen molar-refractivity contribution in [3.63, 3.8) is 0 Å². The molecule has 0 spiro atoms. The van der Waals surface area contributed by atoms with Crippen LogP contribution in [0.4, 0.5) is 17.1 Å². The molecule has 160 valence electrons. The first-order valence-electron chi connectivity index (χ1n) is 11.0. The third kappa shape index (κ3) is 3.00. The average molecular weight is 423 g/mol. The standard InChI is InChI=1S/C28H26N2O2/c1-18-7-6-8-22(15-18)30-24-11-10-21(29-5)17-23(24)28(4,26(30)31)20-9-12-25-19(16-20)13-14-27(2,3)32-25/h6-12,15-17H,13-14H2,1-4H3. The number of aryl methyl sites for hydroxylation is 2. The van der Waals surface area contributed by atoms with Gasteiger partial charge in [0.25, 0.3) is 0 Å². The number of hydrogen-bond acceptors (Lipinski definition) is 2. The molecule has 0 aromatic heterocycles. The molecule has 4 heteroatoms. The fourth-order valence-corrected chi connectivity index (χ4v) is 4.91. The molecule has 0 saturated carbocycles. The molecule has 1 unspecified atom stereocenters. The maximum absolute atomic E-state index is 14.1. The molecule has 0 radical (unpaired) electrons. The quantitative estimate of drug-likeness (QED) is 0.434. The lowest BCUT2D eigenvalue weighted by Crippen LogP contribution is -2.37. The third-order valence-corrected chi connectivity index (χ3v) is 6.80. The summed E-state index contributed by atoms with van der Waals surface area (Å²) in [5.41, 5.74) is 5.19. The minimum absolute atomic E-state index is 0.00256. The zero-order valence-electron chi connectivity index (χ0n) is 18.9. The number of nitrogens with zero attached hydrogens (tertiary/aromatic N) is 2. The zero-order chi connectivity index (χ0) is 22.7. The smallest absolute Gasteiger partial charge is 0.246 e. The summed E-state index contributed by atoms with van der Waals surface area (Å²) in [6.45, 7) is 15.7. The van der Waals surface area contributed by atoms with Gasteiger partial charge in [0.2, 0.25) is 5.91 Å². The van der Waals surface area contributed by atoms with Crippen LogP contribution in [-0.4, -0.2) is 11.5 Å². The summed E-state index contributed by atoms with van der Waals surface area (Å²) in [5, 5.41) is 0. The first-order valence-corrected chi connectivity index (χ1v) is 11.0. The van der Waals surface area contributed by atoms with E-state index in [2.05, 4.69) is 24.8 Å². The van der Waals surface area contributed by atoms with E-state index in [-0.39, 0.29) is 11.5 Å². The third-order valence-electron chi connectivity index (χ3n) is 6.80. The van der Waals surface area contributed by atoms with Gasteiger partial charge in [-0.1, -0.05) is 30.3 Å². The van der Waals surface area contributed by atoms with Gasteiger partial charge in [0.05, 0.1) is 17.7 Å². The molecule has 0 N–H and O–H groups in total. The van der Waals surface area contributed by atoms with Gasteiger partial charge in [-0.2, -0.15) is 0 Å². The van der Waals surface area contributed by atoms with Gasteiger partial charge in [0, 0.05) is 5.69 Å². The highest BCUT2D eigenvalue weighted by Gasteiger charge is 2.49. The number of fused-ring (bicyclic) bond motifs is 2. The first-order chi connectivity index (χ1) is 15.2. The van der Waals surface area contributed by atoms with E-state index in [0.29, 0.717) is 5.69 Å².